The largest absolute Gasteiger partial charge is 0.446 e. The van der Waals surface area contributed by atoms with Crippen molar-refractivity contribution in [3.05, 3.63) is 34.6 Å². The fraction of sp³-hybridized carbons (Fsp3) is 0.333. The number of aromatic nitrogens is 3. The highest BCUT2D eigenvalue weighted by Gasteiger charge is 2.35. The molecule has 10 heteroatoms. The van der Waals surface area contributed by atoms with Crippen molar-refractivity contribution in [1.82, 2.24) is 24.4 Å². The lowest BCUT2D eigenvalue weighted by Crippen LogP contribution is -2.45. The van der Waals surface area contributed by atoms with Crippen LogP contribution in [0, 0.1) is 0 Å². The summed E-state index contributed by atoms with van der Waals surface area (Å²) in [5, 5.41) is 4.37. The van der Waals surface area contributed by atoms with Gasteiger partial charge in [0.15, 0.2) is 16.1 Å². The molecule has 0 radical (unpaired) electrons. The summed E-state index contributed by atoms with van der Waals surface area (Å²) in [7, 11) is 3.38. The van der Waals surface area contributed by atoms with Gasteiger partial charge < -0.3 is 20.0 Å². The Bertz CT molecular complexity index is 1070. The quantitative estimate of drug-likeness (QED) is 0.658. The monoisotopic (exact) mass is 446 g/mol. The second-order valence-electron chi connectivity index (χ2n) is 6.88. The van der Waals surface area contributed by atoms with E-state index in [1.807, 2.05) is 0 Å². The van der Waals surface area contributed by atoms with Gasteiger partial charge in [-0.2, -0.15) is 0 Å². The third-order valence-corrected chi connectivity index (χ3v) is 5.17. The smallest absolute Gasteiger partial charge is 0.256 e. The first-order chi connectivity index (χ1) is 13.3. The average molecular weight is 447 g/mol. The molecule has 4 heterocycles. The number of pyridine rings is 1. The predicted octanol–water partition coefficient (Wildman–Crippen LogP) is 2.03. The summed E-state index contributed by atoms with van der Waals surface area (Å²) in [6.07, 6.45) is 3.02. The summed E-state index contributed by atoms with van der Waals surface area (Å²) in [6.45, 7) is 0.532. The topological polar surface area (TPSA) is 110 Å². The van der Waals surface area contributed by atoms with Gasteiger partial charge in [-0.05, 0) is 47.0 Å². The van der Waals surface area contributed by atoms with Crippen LogP contribution in [0.15, 0.2) is 33.5 Å². The molecule has 28 heavy (non-hydrogen) atoms. The molecule has 2 N–H and O–H groups in total. The summed E-state index contributed by atoms with van der Waals surface area (Å²) in [5.74, 6) is 0.526. The average Bonchev–Trinajstić information content (AvgIpc) is 3.38. The zero-order chi connectivity index (χ0) is 20.0. The fourth-order valence-electron chi connectivity index (χ4n) is 3.40. The minimum atomic E-state index is -0.453. The molecule has 0 unspecified atom stereocenters. The number of rotatable bonds is 3. The van der Waals surface area contributed by atoms with E-state index in [1.165, 1.54) is 9.42 Å². The third-order valence-electron chi connectivity index (χ3n) is 4.74. The Morgan fingerprint density at radius 2 is 2.14 bits per heavy atom. The number of hydrogen-bond donors (Lipinski definition) is 1. The number of likely N-dealkylation sites (N-methyl/N-ethyl adjacent to an activating group) is 1. The molecule has 4 rings (SSSR count). The van der Waals surface area contributed by atoms with Gasteiger partial charge in [0.1, 0.15) is 6.04 Å². The van der Waals surface area contributed by atoms with Crippen LogP contribution in [-0.4, -0.2) is 62.9 Å². The normalized spacial score (nSPS) is 16.7. The molecule has 0 aliphatic carbocycles. The molecule has 1 aliphatic heterocycles. The number of nitrogens with zero attached hydrogens (tertiary/aromatic N) is 5. The maximum absolute atomic E-state index is 13.1. The lowest BCUT2D eigenvalue weighted by atomic mass is 10.1. The van der Waals surface area contributed by atoms with Crippen LogP contribution in [0.2, 0.25) is 0 Å². The zero-order valence-electron chi connectivity index (χ0n) is 15.4. The van der Waals surface area contributed by atoms with Crippen LogP contribution >= 0.6 is 15.9 Å². The molecule has 0 aromatic carbocycles. The molecule has 146 valence electrons. The van der Waals surface area contributed by atoms with Gasteiger partial charge in [0.05, 0.1) is 11.3 Å². The highest BCUT2D eigenvalue weighted by Crippen LogP contribution is 2.26. The van der Waals surface area contributed by atoms with Crippen molar-refractivity contribution in [3.8, 4) is 11.6 Å². The van der Waals surface area contributed by atoms with Crippen molar-refractivity contribution in [3.63, 3.8) is 0 Å². The number of carbonyl (C=O) groups excluding carboxylic acids is 2. The standard InChI is InChI=1S/C18H19BrN6O3/c1-23(2)18(27)12-4-3-7-24(12)17(26)10-8-11(20)16-21-15(22-25(16)9-10)13-5-6-14(19)28-13/h5-6,8-9,12H,3-4,7,20H2,1-2H3/t12-/m0/s1. The lowest BCUT2D eigenvalue weighted by molar-refractivity contribution is -0.132. The number of carbonyl (C=O) groups is 2. The van der Waals surface area contributed by atoms with Crippen LogP contribution in [0.4, 0.5) is 5.69 Å². The minimum absolute atomic E-state index is 0.0775. The summed E-state index contributed by atoms with van der Waals surface area (Å²) in [5.41, 5.74) is 7.24. The molecule has 3 aromatic heterocycles. The van der Waals surface area contributed by atoms with Crippen LogP contribution in [0.25, 0.3) is 17.2 Å². The van der Waals surface area contributed by atoms with Crippen LogP contribution in [0.1, 0.15) is 23.2 Å². The van der Waals surface area contributed by atoms with E-state index < -0.39 is 6.04 Å². The fourth-order valence-corrected chi connectivity index (χ4v) is 3.70. The second-order valence-corrected chi connectivity index (χ2v) is 7.66. The Hall–Kier alpha value is -2.88. The molecule has 0 bridgehead atoms. The van der Waals surface area contributed by atoms with Gasteiger partial charge in [0, 0.05) is 26.8 Å². The number of fused-ring (bicyclic) bond motifs is 1. The maximum atomic E-state index is 13.1. The first kappa shape index (κ1) is 18.5. The molecule has 2 amide bonds. The molecule has 1 fully saturated rings. The van der Waals surface area contributed by atoms with E-state index in [0.717, 1.165) is 6.42 Å². The van der Waals surface area contributed by atoms with Crippen molar-refractivity contribution in [2.75, 3.05) is 26.4 Å². The molecule has 1 atom stereocenters. The van der Waals surface area contributed by atoms with Crippen LogP contribution in [0.3, 0.4) is 0 Å². The van der Waals surface area contributed by atoms with Crippen molar-refractivity contribution in [2.24, 2.45) is 0 Å². The van der Waals surface area contributed by atoms with Gasteiger partial charge in [0.2, 0.25) is 11.7 Å². The highest BCUT2D eigenvalue weighted by molar-refractivity contribution is 9.10. The van der Waals surface area contributed by atoms with Gasteiger partial charge in [-0.15, -0.1) is 5.10 Å². The van der Waals surface area contributed by atoms with E-state index in [9.17, 15) is 9.59 Å². The van der Waals surface area contributed by atoms with E-state index in [4.69, 9.17) is 10.2 Å². The highest BCUT2D eigenvalue weighted by atomic mass is 79.9. The number of nitrogen functional groups attached to an aromatic ring is 1. The van der Waals surface area contributed by atoms with Crippen LogP contribution in [0.5, 0.6) is 0 Å². The Labute approximate surface area is 169 Å². The van der Waals surface area contributed by atoms with Crippen LogP contribution in [-0.2, 0) is 4.79 Å². The van der Waals surface area contributed by atoms with Gasteiger partial charge in [-0.1, -0.05) is 0 Å². The number of anilines is 1. The van der Waals surface area contributed by atoms with Crippen molar-refractivity contribution >= 4 is 39.1 Å². The summed E-state index contributed by atoms with van der Waals surface area (Å²) in [6, 6.07) is 4.60. The molecule has 0 saturated carbocycles. The SMILES string of the molecule is CN(C)C(=O)[C@@H]1CCCN1C(=O)c1cc(N)c2nc(-c3ccc(Br)o3)nn2c1. The second kappa shape index (κ2) is 6.93. The Balaban J connectivity index is 1.69. The van der Waals surface area contributed by atoms with Crippen molar-refractivity contribution < 1.29 is 14.0 Å². The zero-order valence-corrected chi connectivity index (χ0v) is 17.0. The van der Waals surface area contributed by atoms with Crippen molar-refractivity contribution in [1.29, 1.82) is 0 Å². The van der Waals surface area contributed by atoms with Gasteiger partial charge in [-0.3, -0.25) is 9.59 Å². The Morgan fingerprint density at radius 1 is 1.36 bits per heavy atom. The number of furan rings is 1. The summed E-state index contributed by atoms with van der Waals surface area (Å²) >= 11 is 3.25. The predicted molar refractivity (Wildman–Crippen MR) is 106 cm³/mol. The van der Waals surface area contributed by atoms with Gasteiger partial charge >= 0.3 is 0 Å². The minimum Gasteiger partial charge on any atom is -0.446 e. The van der Waals surface area contributed by atoms with Gasteiger partial charge in [-0.25, -0.2) is 9.50 Å². The molecule has 3 aromatic rings. The molecular weight excluding hydrogens is 428 g/mol. The van der Waals surface area contributed by atoms with E-state index in [0.29, 0.717) is 46.1 Å². The van der Waals surface area contributed by atoms with Crippen molar-refractivity contribution in [2.45, 2.75) is 18.9 Å². The first-order valence-electron chi connectivity index (χ1n) is 8.79. The molecular formula is C18H19BrN6O3. The first-order valence-corrected chi connectivity index (χ1v) is 9.58. The molecule has 9 nitrogen and oxygen atoms in total. The third kappa shape index (κ3) is 3.13. The van der Waals surface area contributed by atoms with E-state index in [-0.39, 0.29) is 11.8 Å². The Morgan fingerprint density at radius 3 is 2.82 bits per heavy atom. The lowest BCUT2D eigenvalue weighted by Gasteiger charge is -2.26. The summed E-state index contributed by atoms with van der Waals surface area (Å²) < 4.78 is 7.51. The summed E-state index contributed by atoms with van der Waals surface area (Å²) in [4.78, 5) is 33.0. The number of halogens is 1. The number of amides is 2. The molecule has 1 saturated heterocycles. The number of hydrogen-bond acceptors (Lipinski definition) is 6. The molecule has 0 spiro atoms. The van der Waals surface area contributed by atoms with Gasteiger partial charge in [0.25, 0.3) is 5.91 Å². The van der Waals surface area contributed by atoms with E-state index >= 15 is 0 Å². The molecule has 1 aliphatic rings. The van der Waals surface area contributed by atoms with E-state index in [1.54, 1.807) is 43.4 Å². The maximum Gasteiger partial charge on any atom is 0.256 e. The van der Waals surface area contributed by atoms with E-state index in [2.05, 4.69) is 26.0 Å². The van der Waals surface area contributed by atoms with Crippen LogP contribution < -0.4 is 5.73 Å². The Kier molecular flexibility index (Phi) is 4.58. The number of nitrogens with two attached hydrogens (primary N) is 1. The number of likely N-dealkylation sites (tertiary alicyclic amines) is 1.